The van der Waals surface area contributed by atoms with Crippen molar-refractivity contribution in [2.75, 3.05) is 0 Å². The topological polar surface area (TPSA) is 43.1 Å². The smallest absolute Gasteiger partial charge is 0.258 e. The molecular weight excluding hydrogens is 253 g/mol. The molecule has 0 saturated carbocycles. The number of hydrogen-bond donors (Lipinski definition) is 0. The Morgan fingerprint density at radius 2 is 2.44 bits per heavy atom. The van der Waals surface area contributed by atoms with Crippen LogP contribution in [0.3, 0.4) is 0 Å². The number of nitrogens with zero attached hydrogens (tertiary/aromatic N) is 1. The first-order valence-electron chi connectivity index (χ1n) is 2.09. The third-order valence-corrected chi connectivity index (χ3v) is 2.80. The Bertz CT molecular complexity index is 234. The standard InChI is InChI=1S/C4H2INO2S/c5-4-3(6(7)8)1-2-9-4/h1-2H. The fraction of sp³-hybridized carbons (Fsp3) is 0. The van der Waals surface area contributed by atoms with Crippen LogP contribution in [0.4, 0.5) is 5.69 Å². The minimum Gasteiger partial charge on any atom is -0.258 e. The van der Waals surface area contributed by atoms with E-state index in [2.05, 4.69) is 0 Å². The summed E-state index contributed by atoms with van der Waals surface area (Å²) in [5, 5.41) is 11.8. The zero-order chi connectivity index (χ0) is 6.85. The summed E-state index contributed by atoms with van der Waals surface area (Å²) in [7, 11) is 0. The zero-order valence-corrected chi connectivity index (χ0v) is 7.18. The Labute approximate surface area is 69.0 Å². The van der Waals surface area contributed by atoms with Gasteiger partial charge in [-0.05, 0) is 28.0 Å². The van der Waals surface area contributed by atoms with Gasteiger partial charge in [-0.15, -0.1) is 11.3 Å². The first-order chi connectivity index (χ1) is 4.22. The molecule has 0 radical (unpaired) electrons. The molecule has 0 aromatic carbocycles. The van der Waals surface area contributed by atoms with E-state index in [0.717, 1.165) is 2.88 Å². The van der Waals surface area contributed by atoms with Gasteiger partial charge in [-0.1, -0.05) is 0 Å². The highest BCUT2D eigenvalue weighted by Crippen LogP contribution is 2.25. The number of halogens is 1. The van der Waals surface area contributed by atoms with Crippen LogP contribution in [0.5, 0.6) is 0 Å². The minimum atomic E-state index is -0.377. The van der Waals surface area contributed by atoms with Gasteiger partial charge in [0.25, 0.3) is 5.69 Å². The Kier molecular flexibility index (Phi) is 2.01. The summed E-state index contributed by atoms with van der Waals surface area (Å²) < 4.78 is 0.734. The average molecular weight is 255 g/mol. The predicted octanol–water partition coefficient (Wildman–Crippen LogP) is 2.26. The van der Waals surface area contributed by atoms with Gasteiger partial charge < -0.3 is 0 Å². The highest BCUT2D eigenvalue weighted by Gasteiger charge is 2.10. The van der Waals surface area contributed by atoms with E-state index in [-0.39, 0.29) is 10.6 Å². The van der Waals surface area contributed by atoms with E-state index in [1.165, 1.54) is 17.4 Å². The summed E-state index contributed by atoms with van der Waals surface area (Å²) in [4.78, 5) is 9.71. The zero-order valence-electron chi connectivity index (χ0n) is 4.20. The van der Waals surface area contributed by atoms with E-state index in [1.54, 1.807) is 5.38 Å². The van der Waals surface area contributed by atoms with Crippen LogP contribution in [-0.4, -0.2) is 4.92 Å². The van der Waals surface area contributed by atoms with Gasteiger partial charge >= 0.3 is 0 Å². The van der Waals surface area contributed by atoms with E-state index >= 15 is 0 Å². The van der Waals surface area contributed by atoms with E-state index in [9.17, 15) is 10.1 Å². The fourth-order valence-electron chi connectivity index (χ4n) is 0.417. The molecule has 0 unspecified atom stereocenters. The molecule has 0 aliphatic rings. The maximum Gasteiger partial charge on any atom is 0.293 e. The molecule has 1 aromatic rings. The third-order valence-electron chi connectivity index (χ3n) is 0.795. The summed E-state index contributed by atoms with van der Waals surface area (Å²) in [6.45, 7) is 0. The molecule has 0 saturated heterocycles. The summed E-state index contributed by atoms with van der Waals surface area (Å²) >= 11 is 3.33. The number of rotatable bonds is 1. The van der Waals surface area contributed by atoms with E-state index < -0.39 is 0 Å². The van der Waals surface area contributed by atoms with Gasteiger partial charge in [0.1, 0.15) is 2.88 Å². The molecule has 0 spiro atoms. The van der Waals surface area contributed by atoms with Gasteiger partial charge in [0.15, 0.2) is 0 Å². The molecule has 3 nitrogen and oxygen atoms in total. The van der Waals surface area contributed by atoms with Crippen LogP contribution in [0.2, 0.25) is 0 Å². The van der Waals surface area contributed by atoms with Crippen molar-refractivity contribution in [2.24, 2.45) is 0 Å². The first kappa shape index (κ1) is 6.94. The van der Waals surface area contributed by atoms with Crippen molar-refractivity contribution < 1.29 is 4.92 Å². The molecule has 0 N–H and O–H groups in total. The number of hydrogen-bond acceptors (Lipinski definition) is 3. The van der Waals surface area contributed by atoms with Crippen LogP contribution in [-0.2, 0) is 0 Å². The molecule has 48 valence electrons. The second kappa shape index (κ2) is 2.61. The van der Waals surface area contributed by atoms with Crippen molar-refractivity contribution in [3.05, 3.63) is 24.4 Å². The van der Waals surface area contributed by atoms with Crippen molar-refractivity contribution in [3.8, 4) is 0 Å². The van der Waals surface area contributed by atoms with Gasteiger partial charge in [-0.3, -0.25) is 10.1 Å². The van der Waals surface area contributed by atoms with Crippen molar-refractivity contribution in [3.63, 3.8) is 0 Å². The molecule has 9 heavy (non-hydrogen) atoms. The van der Waals surface area contributed by atoms with Crippen molar-refractivity contribution in [1.82, 2.24) is 0 Å². The summed E-state index contributed by atoms with van der Waals surface area (Å²) in [5.41, 5.74) is 0.209. The molecule has 0 aliphatic heterocycles. The largest absolute Gasteiger partial charge is 0.293 e. The Hall–Kier alpha value is -0.170. The van der Waals surface area contributed by atoms with E-state index in [1.807, 2.05) is 22.6 Å². The summed E-state index contributed by atoms with van der Waals surface area (Å²) in [6, 6.07) is 1.51. The summed E-state index contributed by atoms with van der Waals surface area (Å²) in [5.74, 6) is 0. The molecule has 0 fully saturated rings. The third kappa shape index (κ3) is 1.39. The second-order valence-electron chi connectivity index (χ2n) is 1.34. The lowest BCUT2D eigenvalue weighted by Gasteiger charge is -1.82. The van der Waals surface area contributed by atoms with Gasteiger partial charge in [-0.2, -0.15) is 0 Å². The molecule has 0 bridgehead atoms. The lowest BCUT2D eigenvalue weighted by atomic mass is 10.6. The highest BCUT2D eigenvalue weighted by molar-refractivity contribution is 14.1. The molecule has 5 heteroatoms. The van der Waals surface area contributed by atoms with Crippen LogP contribution in [0.25, 0.3) is 0 Å². The SMILES string of the molecule is O=[N+]([O-])c1ccsc1I. The molecule has 1 aromatic heterocycles. The number of thiophene rings is 1. The van der Waals surface area contributed by atoms with Gasteiger partial charge in [0.2, 0.25) is 0 Å². The normalized spacial score (nSPS) is 9.44. The molecule has 1 heterocycles. The Morgan fingerprint density at radius 3 is 2.67 bits per heavy atom. The molecule has 0 atom stereocenters. The molecule has 0 amide bonds. The maximum atomic E-state index is 10.1. The van der Waals surface area contributed by atoms with Crippen molar-refractivity contribution in [2.45, 2.75) is 0 Å². The van der Waals surface area contributed by atoms with Crippen LogP contribution in [0.15, 0.2) is 11.4 Å². The van der Waals surface area contributed by atoms with Crippen LogP contribution in [0.1, 0.15) is 0 Å². The van der Waals surface area contributed by atoms with Crippen LogP contribution in [0, 0.1) is 13.0 Å². The first-order valence-corrected chi connectivity index (χ1v) is 4.05. The Balaban J connectivity index is 3.08. The quantitative estimate of drug-likeness (QED) is 0.439. The molecule has 1 rings (SSSR count). The lowest BCUT2D eigenvalue weighted by Crippen LogP contribution is -1.85. The van der Waals surface area contributed by atoms with Crippen molar-refractivity contribution >= 4 is 39.6 Å². The lowest BCUT2D eigenvalue weighted by molar-refractivity contribution is -0.385. The molecular formula is C4H2INO2S. The van der Waals surface area contributed by atoms with Gasteiger partial charge in [0.05, 0.1) is 4.92 Å². The highest BCUT2D eigenvalue weighted by atomic mass is 127. The van der Waals surface area contributed by atoms with E-state index in [0.29, 0.717) is 0 Å². The van der Waals surface area contributed by atoms with Crippen LogP contribution < -0.4 is 0 Å². The fourth-order valence-corrected chi connectivity index (χ4v) is 1.81. The average Bonchev–Trinajstić information content (AvgIpc) is 2.13. The van der Waals surface area contributed by atoms with E-state index in [4.69, 9.17) is 0 Å². The van der Waals surface area contributed by atoms with Crippen LogP contribution >= 0.6 is 33.9 Å². The summed E-state index contributed by atoms with van der Waals surface area (Å²) in [6.07, 6.45) is 0. The van der Waals surface area contributed by atoms with Gasteiger partial charge in [-0.25, -0.2) is 0 Å². The number of nitro groups is 1. The van der Waals surface area contributed by atoms with Crippen molar-refractivity contribution in [1.29, 1.82) is 0 Å². The monoisotopic (exact) mass is 255 g/mol. The minimum absolute atomic E-state index is 0.209. The second-order valence-corrected chi connectivity index (χ2v) is 4.06. The molecule has 0 aliphatic carbocycles. The maximum absolute atomic E-state index is 10.1. The Morgan fingerprint density at radius 1 is 1.78 bits per heavy atom. The van der Waals surface area contributed by atoms with Gasteiger partial charge in [0, 0.05) is 6.07 Å². The predicted molar refractivity (Wildman–Crippen MR) is 43.7 cm³/mol.